The number of hydrogen-bond donors (Lipinski definition) is 0. The number of hydrogen-bond acceptors (Lipinski definition) is 0. The lowest BCUT2D eigenvalue weighted by molar-refractivity contribution is 3.58. The molecule has 0 aliphatic carbocycles. The quantitative estimate of drug-likeness (QED) is 0.379. The summed E-state index contributed by atoms with van der Waals surface area (Å²) in [7, 11) is 8.75. The van der Waals surface area contributed by atoms with Gasteiger partial charge < -0.3 is 0 Å². The Bertz CT molecular complexity index is 45.5. The van der Waals surface area contributed by atoms with Crippen LogP contribution in [0.15, 0.2) is 0 Å². The van der Waals surface area contributed by atoms with Gasteiger partial charge in [-0.05, 0) is 62.3 Å². The Labute approximate surface area is 62.3 Å². The van der Waals surface area contributed by atoms with Gasteiger partial charge in [0.15, 0.2) is 0 Å². The van der Waals surface area contributed by atoms with E-state index in [2.05, 4.69) is 0 Å². The fourth-order valence-corrected chi connectivity index (χ4v) is 0. The normalized spacial score (nSPS) is 25.7. The van der Waals surface area contributed by atoms with Crippen LogP contribution in [0.2, 0.25) is 0 Å². The maximum Gasteiger partial charge on any atom is -0.00592 e. The molecule has 0 fully saturated rings. The SMILES string of the molecule is [SiH3][SiH]([SiH3])[Si]([SiH3])([SiH3])[SiH3]. The first kappa shape index (κ1) is 8.52. The molecule has 0 unspecified atom stereocenters. The van der Waals surface area contributed by atoms with Crippen molar-refractivity contribution in [1.82, 2.24) is 0 Å². The molecule has 44 valence electrons. The smallest absolute Gasteiger partial charge is 0.00592 e. The molecule has 0 saturated heterocycles. The summed E-state index contributed by atoms with van der Waals surface area (Å²) in [5, 5.41) is 0. The molecule has 0 radical (unpaired) electrons. The van der Waals surface area contributed by atoms with Gasteiger partial charge in [0.1, 0.15) is 0 Å². The molecule has 0 aromatic carbocycles. The van der Waals surface area contributed by atoms with Gasteiger partial charge in [0, 0.05) is 0 Å². The first-order valence-electron chi connectivity index (χ1n) is 2.94. The fourth-order valence-electron chi connectivity index (χ4n) is 0. The molecule has 0 heterocycles. The molecule has 0 bridgehead atoms. The highest BCUT2D eigenvalue weighted by molar-refractivity contribution is 7.93. The van der Waals surface area contributed by atoms with E-state index >= 15 is 0 Å². The van der Waals surface area contributed by atoms with Gasteiger partial charge >= 0.3 is 0 Å². The summed E-state index contributed by atoms with van der Waals surface area (Å²) in [6, 6.07) is 0. The van der Waals surface area contributed by atoms with Crippen molar-refractivity contribution in [2.75, 3.05) is 0 Å². The highest BCUT2D eigenvalue weighted by Crippen LogP contribution is 1.80. The zero-order chi connectivity index (χ0) is 6.08. The topological polar surface area (TPSA) is 0 Å². The highest BCUT2D eigenvalue weighted by atomic mass is 30.3. The van der Waals surface area contributed by atoms with E-state index in [0.29, 0.717) is 0 Å². The molecule has 0 N–H and O–H groups in total. The van der Waals surface area contributed by atoms with E-state index in [1.54, 1.807) is 48.8 Å². The monoisotopic (exact) mass is 212 g/mol. The van der Waals surface area contributed by atoms with E-state index in [9.17, 15) is 0 Å². The van der Waals surface area contributed by atoms with E-state index < -0.39 is 0 Å². The van der Waals surface area contributed by atoms with Crippen molar-refractivity contribution in [3.05, 3.63) is 0 Å². The molecule has 0 aromatic rings. The van der Waals surface area contributed by atoms with E-state index in [-0.39, 0.29) is 13.5 Å². The average molecular weight is 213 g/mol. The van der Waals surface area contributed by atoms with Crippen molar-refractivity contribution in [2.45, 2.75) is 0 Å². The van der Waals surface area contributed by atoms with Crippen molar-refractivity contribution < 1.29 is 0 Å². The predicted molar refractivity (Wildman–Crippen MR) is 62.6 cm³/mol. The van der Waals surface area contributed by atoms with Crippen LogP contribution in [-0.2, 0) is 0 Å². The molecule has 0 atom stereocenters. The van der Waals surface area contributed by atoms with Crippen LogP contribution in [0.5, 0.6) is 0 Å². The third-order valence-electron chi connectivity index (χ3n) is 1.73. The van der Waals surface area contributed by atoms with E-state index in [0.717, 1.165) is 0 Å². The van der Waals surface area contributed by atoms with Crippen LogP contribution in [0, 0.1) is 0 Å². The minimum absolute atomic E-state index is 0.0556. The summed E-state index contributed by atoms with van der Waals surface area (Å²) in [6.45, 7) is 0. The predicted octanol–water partition coefficient (Wildman–Crippen LogP) is -6.95. The Morgan fingerprint density at radius 2 is 1.14 bits per heavy atom. The second-order valence-electron chi connectivity index (χ2n) is 3.52. The van der Waals surface area contributed by atoms with Crippen LogP contribution in [0.1, 0.15) is 0 Å². The second kappa shape index (κ2) is 2.89. The lowest BCUT2D eigenvalue weighted by Crippen LogP contribution is -2.55. The third-order valence-corrected chi connectivity index (χ3v) is 140. The maximum absolute atomic E-state index is 1.71. The van der Waals surface area contributed by atoms with Gasteiger partial charge in [-0.2, -0.15) is 0 Å². The maximum atomic E-state index is 1.71. The van der Waals surface area contributed by atoms with Crippen LogP contribution in [-0.4, -0.2) is 62.3 Å². The average Bonchev–Trinajstić information content (AvgIpc) is 1.31. The first-order chi connectivity index (χ1) is 2.94. The molecule has 0 amide bonds. The van der Waals surface area contributed by atoms with Gasteiger partial charge in [-0.25, -0.2) is 0 Å². The molecule has 0 aromatic heterocycles. The van der Waals surface area contributed by atoms with Crippen molar-refractivity contribution in [2.24, 2.45) is 0 Å². The Kier molecular flexibility index (Phi) is 3.51. The van der Waals surface area contributed by atoms with Gasteiger partial charge in [0.05, 0.1) is 0 Å². The van der Waals surface area contributed by atoms with Crippen LogP contribution in [0.25, 0.3) is 0 Å². The standard InChI is InChI=1S/H16Si7/c1-6(2)7(3,4)5/h6H,1-5H3. The van der Waals surface area contributed by atoms with Gasteiger partial charge in [0.2, 0.25) is 0 Å². The van der Waals surface area contributed by atoms with Gasteiger partial charge in [-0.3, -0.25) is 0 Å². The minimum atomic E-state index is -0.0556. The van der Waals surface area contributed by atoms with Gasteiger partial charge in [-0.1, -0.05) is 0 Å². The summed E-state index contributed by atoms with van der Waals surface area (Å²) in [5.41, 5.74) is 0. The lowest BCUT2D eigenvalue weighted by Gasteiger charge is -2.18. The van der Waals surface area contributed by atoms with Crippen molar-refractivity contribution >= 4 is 62.3 Å². The van der Waals surface area contributed by atoms with E-state index in [4.69, 9.17) is 0 Å². The van der Waals surface area contributed by atoms with Gasteiger partial charge in [-0.15, -0.1) is 0 Å². The summed E-state index contributed by atoms with van der Waals surface area (Å²) < 4.78 is 0. The zero-order valence-corrected chi connectivity index (χ0v) is 18.2. The zero-order valence-electron chi connectivity index (χ0n) is 6.08. The molecule has 7 heavy (non-hydrogen) atoms. The Morgan fingerprint density at radius 1 is 1.00 bits per heavy atom. The van der Waals surface area contributed by atoms with Crippen LogP contribution >= 0.6 is 0 Å². The summed E-state index contributed by atoms with van der Waals surface area (Å²) in [4.78, 5) is 0. The van der Waals surface area contributed by atoms with Crippen LogP contribution in [0.3, 0.4) is 0 Å². The molecule has 0 aliphatic heterocycles. The lowest BCUT2D eigenvalue weighted by atomic mass is 25.9. The highest BCUT2D eigenvalue weighted by Gasteiger charge is 2.17. The van der Waals surface area contributed by atoms with Crippen molar-refractivity contribution in [3.63, 3.8) is 0 Å². The van der Waals surface area contributed by atoms with E-state index in [1.807, 2.05) is 0 Å². The van der Waals surface area contributed by atoms with Crippen molar-refractivity contribution in [1.29, 1.82) is 0 Å². The first-order valence-corrected chi connectivity index (χ1v) is 26.5. The molecular weight excluding hydrogens is 197 g/mol. The molecular formula is H16Si7. The van der Waals surface area contributed by atoms with Crippen LogP contribution in [0.4, 0.5) is 0 Å². The van der Waals surface area contributed by atoms with Crippen molar-refractivity contribution in [3.8, 4) is 0 Å². The Morgan fingerprint density at radius 3 is 1.14 bits per heavy atom. The minimum Gasteiger partial charge on any atom is -0.0114 e. The molecule has 0 aliphatic rings. The second-order valence-corrected chi connectivity index (χ2v) is 95.1. The molecule has 0 rings (SSSR count). The summed E-state index contributed by atoms with van der Waals surface area (Å²) >= 11 is 0. The van der Waals surface area contributed by atoms with Gasteiger partial charge in [0.25, 0.3) is 0 Å². The van der Waals surface area contributed by atoms with E-state index in [1.165, 1.54) is 0 Å². The summed E-state index contributed by atoms with van der Waals surface area (Å²) in [5.74, 6) is 0. The fraction of sp³-hybridized carbons (Fsp3) is 0. The molecule has 0 saturated carbocycles. The summed E-state index contributed by atoms with van der Waals surface area (Å²) in [6.07, 6.45) is -0.0556. The molecule has 0 spiro atoms. The molecule has 7 heteroatoms. The van der Waals surface area contributed by atoms with Crippen LogP contribution < -0.4 is 0 Å². The molecule has 0 nitrogen and oxygen atoms in total. The number of rotatable bonds is 1. The largest absolute Gasteiger partial charge is 0.0114 e. The Hall–Kier alpha value is 1.52. The Balaban J connectivity index is 3.54. The third kappa shape index (κ3) is 4.05.